The van der Waals surface area contributed by atoms with Crippen molar-refractivity contribution in [3.05, 3.63) is 24.2 Å². The van der Waals surface area contributed by atoms with Crippen LogP contribution in [0.1, 0.15) is 64.7 Å². The van der Waals surface area contributed by atoms with E-state index in [9.17, 15) is 13.6 Å². The second kappa shape index (κ2) is 9.61. The molecule has 9 nitrogen and oxygen atoms in total. The Morgan fingerprint density at radius 3 is 2.91 bits per heavy atom. The number of nitrogen functional groups attached to an aromatic ring is 1. The summed E-state index contributed by atoms with van der Waals surface area (Å²) >= 11 is 0. The highest BCUT2D eigenvalue weighted by Crippen LogP contribution is 2.37. The topological polar surface area (TPSA) is 107 Å². The SMILES string of the molecule is CC(C)(C)OC(=O)NCC[C@@H]1CC(F)(F)CCN1CC1CC[C@H](c2ccc3c(N)ncnn23)O1. The second-order valence-corrected chi connectivity index (χ2v) is 10.2. The number of halogens is 2. The molecule has 4 heterocycles. The molecule has 0 saturated carbocycles. The summed E-state index contributed by atoms with van der Waals surface area (Å²) in [6.45, 7) is 6.49. The van der Waals surface area contributed by atoms with Crippen molar-refractivity contribution >= 4 is 17.4 Å². The summed E-state index contributed by atoms with van der Waals surface area (Å²) in [5, 5.41) is 6.98. The van der Waals surface area contributed by atoms with Gasteiger partial charge in [0.25, 0.3) is 5.92 Å². The van der Waals surface area contributed by atoms with E-state index in [2.05, 4.69) is 20.3 Å². The number of ether oxygens (including phenoxy) is 2. The smallest absolute Gasteiger partial charge is 0.407 e. The first kappa shape index (κ1) is 24.6. The van der Waals surface area contributed by atoms with Crippen LogP contribution >= 0.6 is 0 Å². The van der Waals surface area contributed by atoms with Crippen LogP contribution in [0.15, 0.2) is 18.5 Å². The van der Waals surface area contributed by atoms with E-state index in [1.165, 1.54) is 6.33 Å². The molecule has 4 rings (SSSR count). The van der Waals surface area contributed by atoms with Gasteiger partial charge >= 0.3 is 6.09 Å². The molecule has 2 aliphatic heterocycles. The van der Waals surface area contributed by atoms with E-state index >= 15 is 0 Å². The number of hydrogen-bond acceptors (Lipinski definition) is 7. The maximum atomic E-state index is 14.2. The van der Waals surface area contributed by atoms with Gasteiger partial charge in [0.2, 0.25) is 0 Å². The van der Waals surface area contributed by atoms with Gasteiger partial charge in [0.15, 0.2) is 5.82 Å². The number of alkyl carbamates (subject to hydrolysis) is 1. The van der Waals surface area contributed by atoms with E-state index < -0.39 is 17.6 Å². The van der Waals surface area contributed by atoms with Crippen LogP contribution in [0, 0.1) is 0 Å². The van der Waals surface area contributed by atoms with E-state index in [0.717, 1.165) is 24.1 Å². The third kappa shape index (κ3) is 5.93. The predicted molar refractivity (Wildman–Crippen MR) is 123 cm³/mol. The molecule has 2 aromatic heterocycles. The maximum Gasteiger partial charge on any atom is 0.407 e. The number of rotatable bonds is 6. The normalized spacial score (nSPS) is 25.5. The molecule has 1 amide bonds. The van der Waals surface area contributed by atoms with Gasteiger partial charge in [-0.15, -0.1) is 0 Å². The molecule has 0 bridgehead atoms. The molecular formula is C23H34F2N6O3. The van der Waals surface area contributed by atoms with Gasteiger partial charge in [-0.1, -0.05) is 0 Å². The first-order valence-electron chi connectivity index (χ1n) is 11.8. The minimum Gasteiger partial charge on any atom is -0.444 e. The Kier molecular flexibility index (Phi) is 6.95. The Morgan fingerprint density at radius 2 is 2.15 bits per heavy atom. The van der Waals surface area contributed by atoms with Gasteiger partial charge in [-0.25, -0.2) is 23.1 Å². The van der Waals surface area contributed by atoms with Gasteiger partial charge in [-0.2, -0.15) is 5.10 Å². The number of nitrogens with two attached hydrogens (primary N) is 1. The lowest BCUT2D eigenvalue weighted by atomic mass is 9.95. The van der Waals surface area contributed by atoms with Crippen molar-refractivity contribution in [2.45, 2.75) is 82.6 Å². The van der Waals surface area contributed by atoms with Crippen LogP contribution in [0.4, 0.5) is 19.4 Å². The molecule has 3 atom stereocenters. The fourth-order valence-electron chi connectivity index (χ4n) is 4.78. The number of carbonyl (C=O) groups excluding carboxylic acids is 1. The van der Waals surface area contributed by atoms with Crippen LogP contribution < -0.4 is 11.1 Å². The molecule has 11 heteroatoms. The van der Waals surface area contributed by atoms with Crippen molar-refractivity contribution in [3.63, 3.8) is 0 Å². The van der Waals surface area contributed by atoms with Crippen molar-refractivity contribution < 1.29 is 23.0 Å². The number of fused-ring (bicyclic) bond motifs is 1. The summed E-state index contributed by atoms with van der Waals surface area (Å²) in [4.78, 5) is 18.0. The molecule has 188 valence electrons. The summed E-state index contributed by atoms with van der Waals surface area (Å²) < 4.78 is 41.7. The van der Waals surface area contributed by atoms with Gasteiger partial charge < -0.3 is 20.5 Å². The van der Waals surface area contributed by atoms with Crippen LogP contribution in [0.3, 0.4) is 0 Å². The monoisotopic (exact) mass is 480 g/mol. The number of anilines is 1. The molecule has 2 aliphatic rings. The van der Waals surface area contributed by atoms with Crippen molar-refractivity contribution in [2.24, 2.45) is 0 Å². The summed E-state index contributed by atoms with van der Waals surface area (Å²) in [6, 6.07) is 3.48. The van der Waals surface area contributed by atoms with Crippen LogP contribution in [-0.4, -0.2) is 68.9 Å². The van der Waals surface area contributed by atoms with E-state index in [1.54, 1.807) is 25.3 Å². The van der Waals surface area contributed by atoms with E-state index in [1.807, 2.05) is 12.1 Å². The molecule has 2 aromatic rings. The number of hydrogen-bond donors (Lipinski definition) is 2. The number of carbonyl (C=O) groups is 1. The average Bonchev–Trinajstić information content (AvgIpc) is 3.36. The molecule has 0 radical (unpaired) electrons. The minimum absolute atomic E-state index is 0.0669. The molecule has 0 aromatic carbocycles. The zero-order valence-corrected chi connectivity index (χ0v) is 20.0. The fourth-order valence-corrected chi connectivity index (χ4v) is 4.78. The number of nitrogens with one attached hydrogen (secondary N) is 1. The first-order chi connectivity index (χ1) is 16.0. The van der Waals surface area contributed by atoms with E-state index in [4.69, 9.17) is 15.2 Å². The van der Waals surface area contributed by atoms with Gasteiger partial charge in [-0.05, 0) is 52.2 Å². The number of piperidine rings is 1. The Bertz CT molecular complexity index is 1010. The van der Waals surface area contributed by atoms with Crippen molar-refractivity contribution in [1.82, 2.24) is 24.8 Å². The number of aromatic nitrogens is 3. The zero-order chi connectivity index (χ0) is 24.5. The predicted octanol–water partition coefficient (Wildman–Crippen LogP) is 3.55. The molecule has 2 saturated heterocycles. The van der Waals surface area contributed by atoms with Crippen LogP contribution in [0.5, 0.6) is 0 Å². The summed E-state index contributed by atoms with van der Waals surface area (Å²) in [5.74, 6) is -2.29. The van der Waals surface area contributed by atoms with Gasteiger partial charge in [0.05, 0.1) is 11.8 Å². The number of alkyl halides is 2. The van der Waals surface area contributed by atoms with Crippen LogP contribution in [0.2, 0.25) is 0 Å². The number of amides is 1. The number of likely N-dealkylation sites (tertiary alicyclic amines) is 1. The molecule has 2 fully saturated rings. The lowest BCUT2D eigenvalue weighted by Gasteiger charge is -2.40. The van der Waals surface area contributed by atoms with E-state index in [-0.39, 0.29) is 37.6 Å². The second-order valence-electron chi connectivity index (χ2n) is 10.2. The highest BCUT2D eigenvalue weighted by Gasteiger charge is 2.41. The van der Waals surface area contributed by atoms with Gasteiger partial charge in [-0.3, -0.25) is 4.90 Å². The zero-order valence-electron chi connectivity index (χ0n) is 20.0. The van der Waals surface area contributed by atoms with Crippen molar-refractivity contribution in [3.8, 4) is 0 Å². The van der Waals surface area contributed by atoms with Gasteiger partial charge in [0, 0.05) is 38.5 Å². The Hall–Kier alpha value is -2.53. The standard InChI is InChI=1S/C23H34F2N6O3/c1-22(2,3)34-21(32)27-10-8-15-12-23(24,25)9-11-30(15)13-16-4-7-19(33-16)17-5-6-18-20(26)28-14-29-31(17)18/h5-6,14-16,19H,4,7-13H2,1-3H3,(H,27,32)(H2,26,28,29)/t15-,16?,19-/m1/s1. The fraction of sp³-hybridized carbons (Fsp3) is 0.696. The molecule has 34 heavy (non-hydrogen) atoms. The highest BCUT2D eigenvalue weighted by molar-refractivity contribution is 5.67. The molecule has 0 spiro atoms. The maximum absolute atomic E-state index is 14.2. The Balaban J connectivity index is 1.34. The average molecular weight is 481 g/mol. The van der Waals surface area contributed by atoms with E-state index in [0.29, 0.717) is 25.3 Å². The Labute approximate surface area is 198 Å². The van der Waals surface area contributed by atoms with Crippen LogP contribution in [-0.2, 0) is 9.47 Å². The largest absolute Gasteiger partial charge is 0.444 e. The van der Waals surface area contributed by atoms with Crippen LogP contribution in [0.25, 0.3) is 5.52 Å². The lowest BCUT2D eigenvalue weighted by Crippen LogP contribution is -2.50. The third-order valence-corrected chi connectivity index (χ3v) is 6.35. The molecule has 3 N–H and O–H groups in total. The minimum atomic E-state index is -2.70. The quantitative estimate of drug-likeness (QED) is 0.651. The summed E-state index contributed by atoms with van der Waals surface area (Å²) in [7, 11) is 0. The first-order valence-corrected chi connectivity index (χ1v) is 11.8. The third-order valence-electron chi connectivity index (χ3n) is 6.35. The molecule has 0 aliphatic carbocycles. The lowest BCUT2D eigenvalue weighted by molar-refractivity contribution is -0.0902. The van der Waals surface area contributed by atoms with Gasteiger partial charge in [0.1, 0.15) is 23.5 Å². The van der Waals surface area contributed by atoms with Crippen molar-refractivity contribution in [2.75, 3.05) is 25.4 Å². The summed E-state index contributed by atoms with van der Waals surface area (Å²) in [6.07, 6.45) is 2.35. The molecular weight excluding hydrogens is 446 g/mol. The molecule has 1 unspecified atom stereocenters. The summed E-state index contributed by atoms with van der Waals surface area (Å²) in [5.41, 5.74) is 6.97. The van der Waals surface area contributed by atoms with Crippen molar-refractivity contribution in [1.29, 1.82) is 0 Å². The Morgan fingerprint density at radius 1 is 1.35 bits per heavy atom. The number of nitrogens with zero attached hydrogens (tertiary/aromatic N) is 4. The highest BCUT2D eigenvalue weighted by atomic mass is 19.3.